The lowest BCUT2D eigenvalue weighted by molar-refractivity contribution is -0.118. The fourth-order valence-corrected chi connectivity index (χ4v) is 4.37. The summed E-state index contributed by atoms with van der Waals surface area (Å²) >= 11 is 1.20. The zero-order chi connectivity index (χ0) is 18.7. The number of imidazole rings is 1. The highest BCUT2D eigenvalue weighted by molar-refractivity contribution is 7.90. The van der Waals surface area contributed by atoms with Crippen LogP contribution < -0.4 is 5.32 Å². The van der Waals surface area contributed by atoms with E-state index in [0.717, 1.165) is 5.56 Å². The van der Waals surface area contributed by atoms with Gasteiger partial charge in [-0.15, -0.1) is 11.3 Å². The summed E-state index contributed by atoms with van der Waals surface area (Å²) in [6, 6.07) is 6.26. The van der Waals surface area contributed by atoms with Crippen molar-refractivity contribution in [3.63, 3.8) is 0 Å². The number of aryl methyl sites for hydroxylation is 1. The van der Waals surface area contributed by atoms with Crippen molar-refractivity contribution >= 4 is 32.2 Å². The second-order valence-corrected chi connectivity index (χ2v) is 8.74. The summed E-state index contributed by atoms with van der Waals surface area (Å²) in [5, 5.41) is 4.72. The Hall–Kier alpha value is -2.52. The summed E-state index contributed by atoms with van der Waals surface area (Å²) in [5.41, 5.74) is 1.40. The lowest BCUT2D eigenvalue weighted by atomic mass is 10.2. The summed E-state index contributed by atoms with van der Waals surface area (Å²) in [5.74, 6) is -0.454. The molecule has 2 heterocycles. The molecule has 0 aliphatic carbocycles. The van der Waals surface area contributed by atoms with E-state index in [1.807, 2.05) is 6.92 Å². The molecule has 1 N–H and O–H groups in total. The minimum atomic E-state index is -3.48. The van der Waals surface area contributed by atoms with Crippen molar-refractivity contribution in [2.45, 2.75) is 30.5 Å². The van der Waals surface area contributed by atoms with Crippen molar-refractivity contribution in [3.8, 4) is 0 Å². The predicted octanol–water partition coefficient (Wildman–Crippen LogP) is 2.82. The Morgan fingerprint density at radius 2 is 2.04 bits per heavy atom. The van der Waals surface area contributed by atoms with Crippen LogP contribution in [0.25, 0.3) is 0 Å². The Labute approximate surface area is 155 Å². The third-order valence-corrected chi connectivity index (χ3v) is 6.32. The van der Waals surface area contributed by atoms with Crippen LogP contribution in [-0.2, 0) is 20.4 Å². The number of carbonyl (C=O) groups is 1. The number of rotatable bonds is 6. The van der Waals surface area contributed by atoms with Gasteiger partial charge in [-0.25, -0.2) is 18.4 Å². The van der Waals surface area contributed by atoms with Crippen LogP contribution in [-0.4, -0.2) is 28.9 Å². The maximum absolute atomic E-state index is 12.5. The summed E-state index contributed by atoms with van der Waals surface area (Å²) in [6.45, 7) is 3.64. The molecule has 9 heteroatoms. The number of carbonyl (C=O) groups excluding carboxylic acids is 1. The van der Waals surface area contributed by atoms with Crippen LogP contribution >= 0.6 is 11.3 Å². The van der Waals surface area contributed by atoms with Gasteiger partial charge in [0.15, 0.2) is 15.0 Å². The number of benzene rings is 1. The average molecular weight is 390 g/mol. The first-order valence-corrected chi connectivity index (χ1v) is 10.4. The molecule has 136 valence electrons. The summed E-state index contributed by atoms with van der Waals surface area (Å²) in [4.78, 5) is 20.6. The van der Waals surface area contributed by atoms with Crippen LogP contribution in [0.1, 0.15) is 24.2 Å². The number of amides is 1. The van der Waals surface area contributed by atoms with Gasteiger partial charge in [0.2, 0.25) is 5.91 Å². The van der Waals surface area contributed by atoms with Crippen molar-refractivity contribution in [3.05, 3.63) is 59.6 Å². The molecule has 0 saturated heterocycles. The van der Waals surface area contributed by atoms with E-state index in [9.17, 15) is 13.2 Å². The van der Waals surface area contributed by atoms with Gasteiger partial charge in [0, 0.05) is 17.8 Å². The standard InChI is InChI=1S/C17H18N4O3S2/c1-12-3-5-15(6-4-12)26(23,24)10-14-9-25-17(19-14)20-16(22)13(2)21-8-7-18-11-21/h3-9,11,13H,10H2,1-2H3,(H,19,20,22). The molecule has 0 spiro atoms. The van der Waals surface area contributed by atoms with E-state index >= 15 is 0 Å². The molecule has 0 fully saturated rings. The second kappa shape index (κ2) is 7.38. The number of aromatic nitrogens is 3. The molecule has 0 radical (unpaired) electrons. The lowest BCUT2D eigenvalue weighted by Gasteiger charge is -2.11. The molecule has 1 atom stereocenters. The highest BCUT2D eigenvalue weighted by Gasteiger charge is 2.19. The Bertz CT molecular complexity index is 993. The molecule has 2 aromatic heterocycles. The fraction of sp³-hybridized carbons (Fsp3) is 0.235. The van der Waals surface area contributed by atoms with E-state index < -0.39 is 15.9 Å². The number of hydrogen-bond donors (Lipinski definition) is 1. The molecule has 1 aromatic carbocycles. The van der Waals surface area contributed by atoms with Gasteiger partial charge < -0.3 is 9.88 Å². The number of hydrogen-bond acceptors (Lipinski definition) is 6. The highest BCUT2D eigenvalue weighted by atomic mass is 32.2. The molecule has 0 saturated carbocycles. The van der Waals surface area contributed by atoms with E-state index in [-0.39, 0.29) is 16.6 Å². The smallest absolute Gasteiger partial charge is 0.248 e. The van der Waals surface area contributed by atoms with E-state index in [1.165, 1.54) is 11.3 Å². The van der Waals surface area contributed by atoms with Crippen LogP contribution in [0, 0.1) is 6.92 Å². The molecule has 1 amide bonds. The highest BCUT2D eigenvalue weighted by Crippen LogP contribution is 2.22. The maximum Gasteiger partial charge on any atom is 0.248 e. The molecule has 1 unspecified atom stereocenters. The van der Waals surface area contributed by atoms with Crippen molar-refractivity contribution in [2.24, 2.45) is 0 Å². The zero-order valence-corrected chi connectivity index (χ0v) is 15.9. The Balaban J connectivity index is 1.68. The first-order chi connectivity index (χ1) is 12.3. The summed E-state index contributed by atoms with van der Waals surface area (Å²) < 4.78 is 26.6. The SMILES string of the molecule is Cc1ccc(S(=O)(=O)Cc2csc(NC(=O)C(C)n3ccnc3)n2)cc1. The van der Waals surface area contributed by atoms with Crippen molar-refractivity contribution in [1.82, 2.24) is 14.5 Å². The second-order valence-electron chi connectivity index (χ2n) is 5.89. The first-order valence-electron chi connectivity index (χ1n) is 7.87. The Morgan fingerprint density at radius 1 is 1.31 bits per heavy atom. The van der Waals surface area contributed by atoms with Crippen LogP contribution in [0.5, 0.6) is 0 Å². The number of sulfone groups is 1. The number of nitrogens with one attached hydrogen (secondary N) is 1. The molecule has 0 aliphatic heterocycles. The van der Waals surface area contributed by atoms with Crippen LogP contribution in [0.15, 0.2) is 53.3 Å². The fourth-order valence-electron chi connectivity index (χ4n) is 2.30. The lowest BCUT2D eigenvalue weighted by Crippen LogP contribution is -2.22. The summed E-state index contributed by atoms with van der Waals surface area (Å²) in [7, 11) is -3.48. The molecule has 0 aliphatic rings. The van der Waals surface area contributed by atoms with Crippen molar-refractivity contribution < 1.29 is 13.2 Å². The minimum Gasteiger partial charge on any atom is -0.325 e. The summed E-state index contributed by atoms with van der Waals surface area (Å²) in [6.07, 6.45) is 4.86. The molecule has 26 heavy (non-hydrogen) atoms. The van der Waals surface area contributed by atoms with Crippen LogP contribution in [0.3, 0.4) is 0 Å². The van der Waals surface area contributed by atoms with Crippen molar-refractivity contribution in [1.29, 1.82) is 0 Å². The maximum atomic E-state index is 12.5. The van der Waals surface area contributed by atoms with Crippen LogP contribution in [0.4, 0.5) is 5.13 Å². The number of nitrogens with zero attached hydrogens (tertiary/aromatic N) is 3. The van der Waals surface area contributed by atoms with Crippen LogP contribution in [0.2, 0.25) is 0 Å². The van der Waals surface area contributed by atoms with Gasteiger partial charge in [-0.1, -0.05) is 17.7 Å². The van der Waals surface area contributed by atoms with Gasteiger partial charge in [0.05, 0.1) is 22.7 Å². The Kier molecular flexibility index (Phi) is 5.19. The Morgan fingerprint density at radius 3 is 2.69 bits per heavy atom. The third kappa shape index (κ3) is 4.17. The van der Waals surface area contributed by atoms with E-state index in [4.69, 9.17) is 0 Å². The molecular formula is C17H18N4O3S2. The third-order valence-electron chi connectivity index (χ3n) is 3.85. The topological polar surface area (TPSA) is 94.0 Å². The number of anilines is 1. The quantitative estimate of drug-likeness (QED) is 0.698. The van der Waals surface area contributed by atoms with E-state index in [0.29, 0.717) is 10.8 Å². The molecule has 3 rings (SSSR count). The molecule has 3 aromatic rings. The predicted molar refractivity (Wildman–Crippen MR) is 99.8 cm³/mol. The largest absolute Gasteiger partial charge is 0.325 e. The van der Waals surface area contributed by atoms with Gasteiger partial charge in [-0.05, 0) is 26.0 Å². The van der Waals surface area contributed by atoms with Crippen molar-refractivity contribution in [2.75, 3.05) is 5.32 Å². The zero-order valence-electron chi connectivity index (χ0n) is 14.3. The van der Waals surface area contributed by atoms with E-state index in [1.54, 1.807) is 59.9 Å². The van der Waals surface area contributed by atoms with Gasteiger partial charge in [0.25, 0.3) is 0 Å². The van der Waals surface area contributed by atoms with Gasteiger partial charge in [-0.3, -0.25) is 4.79 Å². The first kappa shape index (κ1) is 18.3. The minimum absolute atomic E-state index is 0.209. The normalized spacial score (nSPS) is 12.7. The van der Waals surface area contributed by atoms with Gasteiger partial charge in [-0.2, -0.15) is 0 Å². The number of thiazole rings is 1. The molecule has 7 nitrogen and oxygen atoms in total. The molecule has 0 bridgehead atoms. The van der Waals surface area contributed by atoms with Gasteiger partial charge >= 0.3 is 0 Å². The average Bonchev–Trinajstić information content (AvgIpc) is 3.26. The van der Waals surface area contributed by atoms with E-state index in [2.05, 4.69) is 15.3 Å². The van der Waals surface area contributed by atoms with Gasteiger partial charge in [0.1, 0.15) is 6.04 Å². The molecular weight excluding hydrogens is 372 g/mol. The monoisotopic (exact) mass is 390 g/mol.